The fourth-order valence-electron chi connectivity index (χ4n) is 3.06. The molecule has 1 fully saturated rings. The maximum atomic E-state index is 10.2. The third-order valence-electron chi connectivity index (χ3n) is 3.89. The molecule has 0 aromatic rings. The highest BCUT2D eigenvalue weighted by atomic mass is 16.3. The lowest BCUT2D eigenvalue weighted by atomic mass is 9.73. The van der Waals surface area contributed by atoms with Crippen LogP contribution in [0.25, 0.3) is 0 Å². The summed E-state index contributed by atoms with van der Waals surface area (Å²) in [7, 11) is 0. The molecule has 0 saturated heterocycles. The van der Waals surface area contributed by atoms with Crippen molar-refractivity contribution in [2.45, 2.75) is 32.8 Å². The van der Waals surface area contributed by atoms with Gasteiger partial charge in [0.15, 0.2) is 0 Å². The zero-order valence-electron chi connectivity index (χ0n) is 11.3. The maximum Gasteiger partial charge on any atom is 0.0585 e. The van der Waals surface area contributed by atoms with Crippen LogP contribution in [0.15, 0.2) is 25.3 Å². The molecule has 0 radical (unpaired) electrons. The van der Waals surface area contributed by atoms with Crippen molar-refractivity contribution < 1.29 is 5.11 Å². The Morgan fingerprint density at radius 1 is 1.18 bits per heavy atom. The molecule has 1 saturated carbocycles. The third kappa shape index (κ3) is 4.29. The number of aliphatic hydroxyl groups excluding tert-OH is 1. The SMILES string of the molecule is C=CCN(CC=C)CC1C(C)CC(C)CC1O. The Kier molecular flexibility index (Phi) is 5.93. The number of hydrogen-bond acceptors (Lipinski definition) is 2. The predicted octanol–water partition coefficient (Wildman–Crippen LogP) is 2.70. The van der Waals surface area contributed by atoms with E-state index in [1.54, 1.807) is 0 Å². The van der Waals surface area contributed by atoms with Crippen LogP contribution in [0.5, 0.6) is 0 Å². The van der Waals surface area contributed by atoms with Crippen LogP contribution in [-0.4, -0.2) is 35.7 Å². The van der Waals surface area contributed by atoms with Gasteiger partial charge in [0.25, 0.3) is 0 Å². The molecule has 0 spiro atoms. The third-order valence-corrected chi connectivity index (χ3v) is 3.89. The summed E-state index contributed by atoms with van der Waals surface area (Å²) in [5, 5.41) is 10.2. The Balaban J connectivity index is 2.57. The molecule has 17 heavy (non-hydrogen) atoms. The lowest BCUT2D eigenvalue weighted by molar-refractivity contribution is 0.00114. The van der Waals surface area contributed by atoms with Gasteiger partial charge in [-0.2, -0.15) is 0 Å². The van der Waals surface area contributed by atoms with Crippen LogP contribution in [0, 0.1) is 17.8 Å². The first-order valence-corrected chi connectivity index (χ1v) is 6.70. The van der Waals surface area contributed by atoms with E-state index in [-0.39, 0.29) is 6.10 Å². The molecule has 2 nitrogen and oxygen atoms in total. The van der Waals surface area contributed by atoms with Gasteiger partial charge in [0.2, 0.25) is 0 Å². The van der Waals surface area contributed by atoms with Crippen molar-refractivity contribution >= 4 is 0 Å². The van der Waals surface area contributed by atoms with E-state index in [1.165, 1.54) is 6.42 Å². The fourth-order valence-corrected chi connectivity index (χ4v) is 3.06. The summed E-state index contributed by atoms with van der Waals surface area (Å²) in [5.74, 6) is 1.65. The Morgan fingerprint density at radius 2 is 1.76 bits per heavy atom. The minimum absolute atomic E-state index is 0.147. The van der Waals surface area contributed by atoms with Crippen molar-refractivity contribution in [3.8, 4) is 0 Å². The Hall–Kier alpha value is -0.600. The summed E-state index contributed by atoms with van der Waals surface area (Å²) >= 11 is 0. The van der Waals surface area contributed by atoms with Crippen molar-refractivity contribution in [3.05, 3.63) is 25.3 Å². The van der Waals surface area contributed by atoms with Gasteiger partial charge in [-0.15, -0.1) is 13.2 Å². The van der Waals surface area contributed by atoms with E-state index < -0.39 is 0 Å². The normalized spacial score (nSPS) is 33.6. The van der Waals surface area contributed by atoms with Crippen LogP contribution in [0.1, 0.15) is 26.7 Å². The zero-order valence-corrected chi connectivity index (χ0v) is 11.3. The molecule has 98 valence electrons. The Bertz CT molecular complexity index is 229. The van der Waals surface area contributed by atoms with Crippen LogP contribution in [0.4, 0.5) is 0 Å². The van der Waals surface area contributed by atoms with Crippen LogP contribution in [-0.2, 0) is 0 Å². The molecular formula is C15H27NO. The van der Waals surface area contributed by atoms with E-state index in [4.69, 9.17) is 0 Å². The van der Waals surface area contributed by atoms with Crippen molar-refractivity contribution in [3.63, 3.8) is 0 Å². The van der Waals surface area contributed by atoms with Gasteiger partial charge in [0, 0.05) is 25.6 Å². The summed E-state index contributed by atoms with van der Waals surface area (Å²) in [5.41, 5.74) is 0. The maximum absolute atomic E-state index is 10.2. The van der Waals surface area contributed by atoms with E-state index in [9.17, 15) is 5.11 Å². The van der Waals surface area contributed by atoms with Crippen LogP contribution in [0.3, 0.4) is 0 Å². The fraction of sp³-hybridized carbons (Fsp3) is 0.733. The van der Waals surface area contributed by atoms with Gasteiger partial charge >= 0.3 is 0 Å². The first-order valence-electron chi connectivity index (χ1n) is 6.70. The van der Waals surface area contributed by atoms with Gasteiger partial charge in [0.05, 0.1) is 6.10 Å². The highest BCUT2D eigenvalue weighted by Crippen LogP contribution is 2.34. The van der Waals surface area contributed by atoms with Crippen LogP contribution in [0.2, 0.25) is 0 Å². The van der Waals surface area contributed by atoms with Gasteiger partial charge in [-0.1, -0.05) is 26.0 Å². The van der Waals surface area contributed by atoms with Crippen molar-refractivity contribution in [2.24, 2.45) is 17.8 Å². The molecule has 0 aliphatic heterocycles. The highest BCUT2D eigenvalue weighted by Gasteiger charge is 2.33. The molecule has 0 aromatic heterocycles. The zero-order chi connectivity index (χ0) is 12.8. The van der Waals surface area contributed by atoms with E-state index in [1.807, 2.05) is 12.2 Å². The smallest absolute Gasteiger partial charge is 0.0585 e. The molecule has 1 aliphatic carbocycles. The van der Waals surface area contributed by atoms with Crippen molar-refractivity contribution in [2.75, 3.05) is 19.6 Å². The summed E-state index contributed by atoms with van der Waals surface area (Å²) in [6.45, 7) is 14.8. The highest BCUT2D eigenvalue weighted by molar-refractivity contribution is 4.88. The molecule has 0 amide bonds. The standard InChI is InChI=1S/C15H27NO/c1-5-7-16(8-6-2)11-14-13(4)9-12(3)10-15(14)17/h5-6,12-15,17H,1-2,7-11H2,3-4H3. The molecule has 1 aliphatic rings. The van der Waals surface area contributed by atoms with Gasteiger partial charge in [-0.25, -0.2) is 0 Å². The Labute approximate surface area is 106 Å². The van der Waals surface area contributed by atoms with Gasteiger partial charge in [0.1, 0.15) is 0 Å². The van der Waals surface area contributed by atoms with Crippen LogP contribution >= 0.6 is 0 Å². The predicted molar refractivity (Wildman–Crippen MR) is 73.9 cm³/mol. The molecule has 1 N–H and O–H groups in total. The van der Waals surface area contributed by atoms with E-state index in [0.717, 1.165) is 26.1 Å². The summed E-state index contributed by atoms with van der Waals surface area (Å²) in [6, 6.07) is 0. The largest absolute Gasteiger partial charge is 0.393 e. The molecule has 0 aromatic carbocycles. The van der Waals surface area contributed by atoms with Gasteiger partial charge < -0.3 is 5.11 Å². The second kappa shape index (κ2) is 6.97. The topological polar surface area (TPSA) is 23.5 Å². The Morgan fingerprint density at radius 3 is 2.24 bits per heavy atom. The van der Waals surface area contributed by atoms with Crippen molar-refractivity contribution in [1.82, 2.24) is 4.90 Å². The second-order valence-corrected chi connectivity index (χ2v) is 5.58. The first kappa shape index (κ1) is 14.5. The molecule has 2 heteroatoms. The second-order valence-electron chi connectivity index (χ2n) is 5.58. The molecule has 1 rings (SSSR count). The molecular weight excluding hydrogens is 210 g/mol. The number of nitrogens with zero attached hydrogens (tertiary/aromatic N) is 1. The first-order chi connectivity index (χ1) is 8.08. The molecule has 0 bridgehead atoms. The molecule has 4 atom stereocenters. The van der Waals surface area contributed by atoms with Gasteiger partial charge in [-0.05, 0) is 24.7 Å². The van der Waals surface area contributed by atoms with E-state index in [2.05, 4.69) is 31.9 Å². The molecule has 0 heterocycles. The number of rotatable bonds is 6. The monoisotopic (exact) mass is 237 g/mol. The lowest BCUT2D eigenvalue weighted by Gasteiger charge is -2.39. The molecule has 4 unspecified atom stereocenters. The van der Waals surface area contributed by atoms with E-state index >= 15 is 0 Å². The quantitative estimate of drug-likeness (QED) is 0.718. The minimum atomic E-state index is -0.147. The van der Waals surface area contributed by atoms with Crippen LogP contribution < -0.4 is 0 Å². The van der Waals surface area contributed by atoms with Gasteiger partial charge in [-0.3, -0.25) is 4.90 Å². The number of aliphatic hydroxyl groups is 1. The summed E-state index contributed by atoms with van der Waals surface area (Å²) < 4.78 is 0. The summed E-state index contributed by atoms with van der Waals surface area (Å²) in [4.78, 5) is 2.31. The lowest BCUT2D eigenvalue weighted by Crippen LogP contribution is -2.42. The number of hydrogen-bond donors (Lipinski definition) is 1. The minimum Gasteiger partial charge on any atom is -0.393 e. The van der Waals surface area contributed by atoms with Crippen molar-refractivity contribution in [1.29, 1.82) is 0 Å². The average Bonchev–Trinajstić information content (AvgIpc) is 2.23. The van der Waals surface area contributed by atoms with E-state index in [0.29, 0.717) is 17.8 Å². The summed E-state index contributed by atoms with van der Waals surface area (Å²) in [6.07, 6.45) is 5.88. The average molecular weight is 237 g/mol.